The number of hydrogen-bond donors (Lipinski definition) is 2. The summed E-state index contributed by atoms with van der Waals surface area (Å²) in [7, 11) is 0. The summed E-state index contributed by atoms with van der Waals surface area (Å²) in [6, 6.07) is 5.56. The van der Waals surface area contributed by atoms with E-state index in [4.69, 9.17) is 19.6 Å². The number of nitrogens with two attached hydrogens (primary N) is 1. The molecule has 10 nitrogen and oxygen atoms in total. The van der Waals surface area contributed by atoms with Crippen LogP contribution < -0.4 is 11.1 Å². The average molecular weight is 642 g/mol. The van der Waals surface area contributed by atoms with E-state index in [1.807, 2.05) is 4.90 Å². The number of amides is 2. The third-order valence-electron chi connectivity index (χ3n) is 10.1. The Kier molecular flexibility index (Phi) is 10.7. The number of nitrogens with one attached hydrogen (secondary N) is 1. The summed E-state index contributed by atoms with van der Waals surface area (Å²) < 4.78 is 28.9. The number of carbonyl (C=O) groups excluding carboxylic acids is 4. The van der Waals surface area contributed by atoms with E-state index >= 15 is 0 Å². The predicted octanol–water partition coefficient (Wildman–Crippen LogP) is 5.98. The lowest BCUT2D eigenvalue weighted by molar-refractivity contribution is -0.161. The summed E-state index contributed by atoms with van der Waals surface area (Å²) >= 11 is 0. The molecule has 1 aromatic heterocycles. The zero-order valence-corrected chi connectivity index (χ0v) is 27.2. The molecular weight excluding hydrogens is 593 g/mol. The highest BCUT2D eigenvalue weighted by molar-refractivity contribution is 6.00. The monoisotopic (exact) mass is 641 g/mol. The highest BCUT2D eigenvalue weighted by Gasteiger charge is 2.47. The molecule has 2 aliphatic carbocycles. The summed E-state index contributed by atoms with van der Waals surface area (Å²) in [5.41, 5.74) is 6.18. The molecule has 1 aromatic carbocycles. The number of benzene rings is 1. The molecular formula is C35H48FN3O7. The molecule has 0 bridgehead atoms. The van der Waals surface area contributed by atoms with Gasteiger partial charge in [-0.2, -0.15) is 0 Å². The van der Waals surface area contributed by atoms with Crippen LogP contribution in [0.3, 0.4) is 0 Å². The van der Waals surface area contributed by atoms with Gasteiger partial charge in [-0.05, 0) is 94.9 Å². The molecule has 1 saturated heterocycles. The molecule has 46 heavy (non-hydrogen) atoms. The molecule has 2 aromatic rings. The smallest absolute Gasteiger partial charge is 0.377 e. The number of carbonyl (C=O) groups is 4. The maximum atomic E-state index is 14.0. The third kappa shape index (κ3) is 7.73. The van der Waals surface area contributed by atoms with Gasteiger partial charge >= 0.3 is 11.9 Å². The van der Waals surface area contributed by atoms with Crippen LogP contribution in [0.15, 0.2) is 28.7 Å². The van der Waals surface area contributed by atoms with Crippen LogP contribution in [0.2, 0.25) is 0 Å². The molecule has 2 heterocycles. The number of nitrogens with zero attached hydrogens (tertiary/aromatic N) is 1. The van der Waals surface area contributed by atoms with Crippen molar-refractivity contribution in [2.75, 3.05) is 25.3 Å². The summed E-state index contributed by atoms with van der Waals surface area (Å²) in [4.78, 5) is 54.2. The molecule has 0 radical (unpaired) electrons. The van der Waals surface area contributed by atoms with Gasteiger partial charge in [-0.1, -0.05) is 32.1 Å². The summed E-state index contributed by atoms with van der Waals surface area (Å²) in [5.74, 6) is -1.12. The van der Waals surface area contributed by atoms with Crippen LogP contribution in [-0.2, 0) is 23.9 Å². The number of ether oxygens (including phenoxy) is 2. The SMILES string of the molecule is CC(C)(C)C(=O)OCOC(=O)c1cc2cc(NC(=O)[C@@H]3[C@H](C4CCCCC4)CCN3C(=O)C3CCC(C(N)CF)CC3)ccc2o1. The van der Waals surface area contributed by atoms with Crippen molar-refractivity contribution < 1.29 is 37.5 Å². The second-order valence-electron chi connectivity index (χ2n) is 14.3. The van der Waals surface area contributed by atoms with Crippen molar-refractivity contribution in [1.82, 2.24) is 4.90 Å². The highest BCUT2D eigenvalue weighted by Crippen LogP contribution is 2.41. The Morgan fingerprint density at radius 1 is 1.00 bits per heavy atom. The molecule has 11 heteroatoms. The first-order chi connectivity index (χ1) is 22.0. The summed E-state index contributed by atoms with van der Waals surface area (Å²) in [6.07, 6.45) is 9.20. The first kappa shape index (κ1) is 33.9. The van der Waals surface area contributed by atoms with Gasteiger partial charge in [-0.15, -0.1) is 0 Å². The molecule has 1 unspecified atom stereocenters. The highest BCUT2D eigenvalue weighted by atomic mass is 19.1. The molecule has 3 aliphatic rings. The van der Waals surface area contributed by atoms with Crippen LogP contribution in [0.25, 0.3) is 11.0 Å². The number of alkyl halides is 1. The van der Waals surface area contributed by atoms with E-state index in [2.05, 4.69) is 5.32 Å². The van der Waals surface area contributed by atoms with E-state index in [1.165, 1.54) is 12.5 Å². The minimum atomic E-state index is -0.778. The van der Waals surface area contributed by atoms with E-state index in [1.54, 1.807) is 39.0 Å². The fourth-order valence-electron chi connectivity index (χ4n) is 7.47. The van der Waals surface area contributed by atoms with Crippen LogP contribution >= 0.6 is 0 Å². The lowest BCUT2D eigenvalue weighted by Crippen LogP contribution is -2.50. The van der Waals surface area contributed by atoms with Gasteiger partial charge in [0.15, 0.2) is 0 Å². The molecule has 252 valence electrons. The normalized spacial score (nSPS) is 24.8. The number of hydrogen-bond acceptors (Lipinski definition) is 8. The second kappa shape index (κ2) is 14.5. The van der Waals surface area contributed by atoms with Gasteiger partial charge < -0.3 is 29.8 Å². The van der Waals surface area contributed by atoms with E-state index < -0.39 is 42.9 Å². The first-order valence-corrected chi connectivity index (χ1v) is 16.8. The fraction of sp³-hybridized carbons (Fsp3) is 0.657. The molecule has 2 amide bonds. The maximum absolute atomic E-state index is 14.0. The quantitative estimate of drug-likeness (QED) is 0.252. The van der Waals surface area contributed by atoms with Crippen molar-refractivity contribution in [3.05, 3.63) is 30.0 Å². The van der Waals surface area contributed by atoms with Gasteiger partial charge in [0, 0.05) is 29.6 Å². The van der Waals surface area contributed by atoms with Gasteiger partial charge in [-0.25, -0.2) is 9.18 Å². The number of fused-ring (bicyclic) bond motifs is 1. The minimum absolute atomic E-state index is 0.0207. The number of furan rings is 1. The predicted molar refractivity (Wildman–Crippen MR) is 170 cm³/mol. The Morgan fingerprint density at radius 3 is 2.39 bits per heavy atom. The van der Waals surface area contributed by atoms with Crippen LogP contribution in [-0.4, -0.2) is 60.7 Å². The van der Waals surface area contributed by atoms with E-state index in [-0.39, 0.29) is 35.3 Å². The van der Waals surface area contributed by atoms with Gasteiger partial charge in [0.05, 0.1) is 5.41 Å². The Bertz CT molecular complexity index is 1400. The van der Waals surface area contributed by atoms with Crippen molar-refractivity contribution in [3.63, 3.8) is 0 Å². The van der Waals surface area contributed by atoms with Crippen molar-refractivity contribution in [2.45, 2.75) is 97.1 Å². The number of likely N-dealkylation sites (tertiary alicyclic amines) is 1. The summed E-state index contributed by atoms with van der Waals surface area (Å²) in [5, 5.41) is 3.64. The van der Waals surface area contributed by atoms with E-state index in [0.29, 0.717) is 42.0 Å². The largest absolute Gasteiger partial charge is 0.449 e. The van der Waals surface area contributed by atoms with Crippen LogP contribution in [0.4, 0.5) is 10.1 Å². The number of halogens is 1. The molecule has 1 aliphatic heterocycles. The zero-order valence-electron chi connectivity index (χ0n) is 27.2. The van der Waals surface area contributed by atoms with Gasteiger partial charge in [0.2, 0.25) is 24.4 Å². The van der Waals surface area contributed by atoms with Crippen LogP contribution in [0, 0.1) is 29.1 Å². The number of anilines is 1. The minimum Gasteiger partial charge on any atom is -0.449 e. The maximum Gasteiger partial charge on any atom is 0.377 e. The Morgan fingerprint density at radius 2 is 1.72 bits per heavy atom. The fourth-order valence-corrected chi connectivity index (χ4v) is 7.47. The second-order valence-corrected chi connectivity index (χ2v) is 14.3. The molecule has 3 atom stereocenters. The average Bonchev–Trinajstić information content (AvgIpc) is 3.69. The summed E-state index contributed by atoms with van der Waals surface area (Å²) in [6.45, 7) is 4.57. The van der Waals surface area contributed by atoms with Gasteiger partial charge in [0.1, 0.15) is 18.3 Å². The van der Waals surface area contributed by atoms with Crippen molar-refractivity contribution in [1.29, 1.82) is 0 Å². The van der Waals surface area contributed by atoms with Crippen molar-refractivity contribution in [2.24, 2.45) is 34.8 Å². The number of esters is 2. The third-order valence-corrected chi connectivity index (χ3v) is 10.1. The van der Waals surface area contributed by atoms with Gasteiger partial charge in [0.25, 0.3) is 0 Å². The van der Waals surface area contributed by atoms with E-state index in [0.717, 1.165) is 44.9 Å². The molecule has 2 saturated carbocycles. The molecule has 3 N–H and O–H groups in total. The van der Waals surface area contributed by atoms with Gasteiger partial charge in [-0.3, -0.25) is 14.4 Å². The number of rotatable bonds is 9. The topological polar surface area (TPSA) is 141 Å². The Hall–Kier alpha value is -3.47. The van der Waals surface area contributed by atoms with Crippen LogP contribution in [0.1, 0.15) is 95.5 Å². The molecule has 0 spiro atoms. The Labute approximate surface area is 269 Å². The molecule has 3 fully saturated rings. The Balaban J connectivity index is 1.27. The molecule has 5 rings (SSSR count). The first-order valence-electron chi connectivity index (χ1n) is 16.8. The zero-order chi connectivity index (χ0) is 33.0. The van der Waals surface area contributed by atoms with E-state index in [9.17, 15) is 23.6 Å². The van der Waals surface area contributed by atoms with Crippen molar-refractivity contribution >= 4 is 40.4 Å². The lowest BCUT2D eigenvalue weighted by atomic mass is 9.76. The van der Waals surface area contributed by atoms with Crippen LogP contribution in [0.5, 0.6) is 0 Å². The van der Waals surface area contributed by atoms with Crippen molar-refractivity contribution in [3.8, 4) is 0 Å². The standard InChI is InChI=1S/C35H48FN3O7/c1-35(2,3)34(43)45-20-44-33(42)29-18-24-17-25(13-14-28(24)46-29)38-31(40)30-26(21-7-5-4-6-8-21)15-16-39(30)32(41)23-11-9-22(10-12-23)27(37)19-36/h13-14,17-18,21-23,26-27,30H,4-12,15-16,19-20,37H2,1-3H3,(H,38,40)/t22?,23?,26-,27?,30-/m0/s1. The lowest BCUT2D eigenvalue weighted by Gasteiger charge is -2.36.